The minimum atomic E-state index is -3.13. The monoisotopic (exact) mass is 460 g/mol. The van der Waals surface area contributed by atoms with Gasteiger partial charge in [0.25, 0.3) is 0 Å². The van der Waals surface area contributed by atoms with Crippen molar-refractivity contribution in [2.75, 3.05) is 6.61 Å². The van der Waals surface area contributed by atoms with Gasteiger partial charge in [-0.25, -0.2) is 4.39 Å². The Morgan fingerprint density at radius 3 is 2.13 bits per heavy atom. The minimum absolute atomic E-state index is 0.00859. The van der Waals surface area contributed by atoms with E-state index in [0.717, 1.165) is 30.6 Å². The molecule has 0 aliphatic heterocycles. The van der Waals surface area contributed by atoms with Crippen molar-refractivity contribution in [2.45, 2.75) is 90.6 Å². The lowest BCUT2D eigenvalue weighted by Crippen LogP contribution is -2.27. The van der Waals surface area contributed by atoms with Crippen LogP contribution in [0.15, 0.2) is 12.1 Å². The SMILES string of the molecule is CCCCCC1CCC(C2CCC(COc3ccc(Cl)c(F)c3OC(F)F)CC2)CC1. The molecule has 1 aromatic rings. The van der Waals surface area contributed by atoms with Crippen LogP contribution in [0.25, 0.3) is 0 Å². The van der Waals surface area contributed by atoms with Gasteiger partial charge < -0.3 is 9.47 Å². The Balaban J connectivity index is 1.42. The third-order valence-electron chi connectivity index (χ3n) is 7.36. The average Bonchev–Trinajstić information content (AvgIpc) is 2.77. The van der Waals surface area contributed by atoms with E-state index < -0.39 is 18.2 Å². The minimum Gasteiger partial charge on any atom is -0.489 e. The molecule has 31 heavy (non-hydrogen) atoms. The molecule has 0 saturated heterocycles. The van der Waals surface area contributed by atoms with E-state index in [-0.39, 0.29) is 10.8 Å². The summed E-state index contributed by atoms with van der Waals surface area (Å²) in [6.45, 7) is -0.479. The quantitative estimate of drug-likeness (QED) is 0.325. The van der Waals surface area contributed by atoms with Gasteiger partial charge in [-0.05, 0) is 74.3 Å². The van der Waals surface area contributed by atoms with Gasteiger partial charge in [-0.15, -0.1) is 0 Å². The van der Waals surface area contributed by atoms with Crippen LogP contribution in [-0.2, 0) is 0 Å². The summed E-state index contributed by atoms with van der Waals surface area (Å²) in [4.78, 5) is 0. The number of ether oxygens (including phenoxy) is 2. The second-order valence-corrected chi connectivity index (χ2v) is 9.84. The highest BCUT2D eigenvalue weighted by Gasteiger charge is 2.31. The van der Waals surface area contributed by atoms with E-state index >= 15 is 0 Å². The van der Waals surface area contributed by atoms with Crippen molar-refractivity contribution >= 4 is 11.6 Å². The zero-order valence-corrected chi connectivity index (χ0v) is 19.3. The van der Waals surface area contributed by atoms with Gasteiger partial charge in [0.15, 0.2) is 11.6 Å². The first kappa shape index (κ1) is 24.5. The molecular weight excluding hydrogens is 425 g/mol. The summed E-state index contributed by atoms with van der Waals surface area (Å²) in [6.07, 6.45) is 15.6. The van der Waals surface area contributed by atoms with E-state index in [4.69, 9.17) is 16.3 Å². The predicted octanol–water partition coefficient (Wildman–Crippen LogP) is 8.65. The summed E-state index contributed by atoms with van der Waals surface area (Å²) in [5.41, 5.74) is 0. The summed E-state index contributed by atoms with van der Waals surface area (Å²) in [7, 11) is 0. The molecule has 3 rings (SSSR count). The van der Waals surface area contributed by atoms with Gasteiger partial charge in [0.05, 0.1) is 11.6 Å². The molecule has 2 fully saturated rings. The highest BCUT2D eigenvalue weighted by Crippen LogP contribution is 2.43. The van der Waals surface area contributed by atoms with Gasteiger partial charge >= 0.3 is 6.61 Å². The Morgan fingerprint density at radius 1 is 0.935 bits per heavy atom. The number of halogens is 4. The third kappa shape index (κ3) is 7.20. The van der Waals surface area contributed by atoms with Crippen LogP contribution in [0, 0.1) is 29.5 Å². The molecule has 6 heteroatoms. The zero-order chi connectivity index (χ0) is 22.2. The highest BCUT2D eigenvalue weighted by atomic mass is 35.5. The van der Waals surface area contributed by atoms with Crippen LogP contribution in [-0.4, -0.2) is 13.2 Å². The average molecular weight is 461 g/mol. The van der Waals surface area contributed by atoms with E-state index in [1.807, 2.05) is 0 Å². The van der Waals surface area contributed by atoms with Crippen LogP contribution >= 0.6 is 11.6 Å². The molecule has 1 aromatic carbocycles. The Hall–Kier alpha value is -1.10. The molecule has 0 radical (unpaired) electrons. The fourth-order valence-corrected chi connectivity index (χ4v) is 5.64. The zero-order valence-electron chi connectivity index (χ0n) is 18.6. The number of alkyl halides is 2. The van der Waals surface area contributed by atoms with E-state index in [1.165, 1.54) is 76.3 Å². The largest absolute Gasteiger partial charge is 0.489 e. The van der Waals surface area contributed by atoms with Crippen LogP contribution in [0.2, 0.25) is 5.02 Å². The lowest BCUT2D eigenvalue weighted by molar-refractivity contribution is -0.0541. The number of hydrogen-bond acceptors (Lipinski definition) is 2. The topological polar surface area (TPSA) is 18.5 Å². The molecule has 0 N–H and O–H groups in total. The predicted molar refractivity (Wildman–Crippen MR) is 119 cm³/mol. The van der Waals surface area contributed by atoms with Crippen molar-refractivity contribution in [1.82, 2.24) is 0 Å². The van der Waals surface area contributed by atoms with Gasteiger partial charge in [-0.2, -0.15) is 8.78 Å². The number of rotatable bonds is 10. The van der Waals surface area contributed by atoms with Crippen molar-refractivity contribution in [2.24, 2.45) is 23.7 Å². The first-order valence-electron chi connectivity index (χ1n) is 12.0. The maximum absolute atomic E-state index is 14.1. The van der Waals surface area contributed by atoms with Crippen LogP contribution in [0.5, 0.6) is 11.5 Å². The van der Waals surface area contributed by atoms with Crippen LogP contribution < -0.4 is 9.47 Å². The van der Waals surface area contributed by atoms with Crippen molar-refractivity contribution in [3.63, 3.8) is 0 Å². The molecule has 0 atom stereocenters. The fourth-order valence-electron chi connectivity index (χ4n) is 5.49. The smallest absolute Gasteiger partial charge is 0.387 e. The first-order valence-corrected chi connectivity index (χ1v) is 12.4. The number of unbranched alkanes of at least 4 members (excludes halogenated alkanes) is 2. The lowest BCUT2D eigenvalue weighted by atomic mass is 9.69. The maximum Gasteiger partial charge on any atom is 0.387 e. The van der Waals surface area contributed by atoms with E-state index in [0.29, 0.717) is 12.5 Å². The molecule has 0 spiro atoms. The summed E-state index contributed by atoms with van der Waals surface area (Å²) >= 11 is 5.69. The van der Waals surface area contributed by atoms with Gasteiger partial charge in [-0.3, -0.25) is 0 Å². The van der Waals surface area contributed by atoms with Gasteiger partial charge in [0, 0.05) is 0 Å². The Labute approximate surface area is 189 Å². The normalized spacial score (nSPS) is 26.8. The number of hydrogen-bond donors (Lipinski definition) is 0. The van der Waals surface area contributed by atoms with Crippen LogP contribution in [0.4, 0.5) is 13.2 Å². The van der Waals surface area contributed by atoms with Gasteiger partial charge in [0.2, 0.25) is 5.75 Å². The van der Waals surface area contributed by atoms with Crippen molar-refractivity contribution in [1.29, 1.82) is 0 Å². The second kappa shape index (κ2) is 12.2. The Kier molecular flexibility index (Phi) is 9.68. The standard InChI is InChI=1S/C25H36ClF3O2/c1-2-3-4-5-17-6-10-19(11-7-17)20-12-8-18(9-13-20)16-30-22-15-14-21(26)23(27)24(22)31-25(28)29/h14-15,17-20,25H,2-13,16H2,1H3. The van der Waals surface area contributed by atoms with Crippen molar-refractivity contribution in [3.05, 3.63) is 23.0 Å². The summed E-state index contributed by atoms with van der Waals surface area (Å²) < 4.78 is 49.4. The van der Waals surface area contributed by atoms with Gasteiger partial charge in [0.1, 0.15) is 0 Å². The molecule has 0 heterocycles. The molecular formula is C25H36ClF3O2. The molecule has 2 aliphatic carbocycles. The molecule has 2 saturated carbocycles. The first-order chi connectivity index (χ1) is 15.0. The van der Waals surface area contributed by atoms with Crippen molar-refractivity contribution < 1.29 is 22.6 Å². The van der Waals surface area contributed by atoms with E-state index in [1.54, 1.807) is 0 Å². The molecule has 0 bridgehead atoms. The van der Waals surface area contributed by atoms with Gasteiger partial charge in [-0.1, -0.05) is 57.0 Å². The number of benzene rings is 1. The van der Waals surface area contributed by atoms with E-state index in [9.17, 15) is 13.2 Å². The molecule has 0 amide bonds. The fraction of sp³-hybridized carbons (Fsp3) is 0.760. The third-order valence-corrected chi connectivity index (χ3v) is 7.65. The highest BCUT2D eigenvalue weighted by molar-refractivity contribution is 6.30. The summed E-state index contributed by atoms with van der Waals surface area (Å²) in [5, 5.41) is -0.261. The summed E-state index contributed by atoms with van der Waals surface area (Å²) in [5.74, 6) is 1.35. The Bertz CT molecular complexity index is 669. The van der Waals surface area contributed by atoms with Crippen molar-refractivity contribution in [3.8, 4) is 11.5 Å². The Morgan fingerprint density at radius 2 is 1.55 bits per heavy atom. The van der Waals surface area contributed by atoms with Crippen LogP contribution in [0.3, 0.4) is 0 Å². The maximum atomic E-state index is 14.1. The summed E-state index contributed by atoms with van der Waals surface area (Å²) in [6, 6.07) is 2.70. The van der Waals surface area contributed by atoms with E-state index in [2.05, 4.69) is 11.7 Å². The van der Waals surface area contributed by atoms with Crippen LogP contribution in [0.1, 0.15) is 84.0 Å². The second-order valence-electron chi connectivity index (χ2n) is 9.44. The molecule has 2 nitrogen and oxygen atoms in total. The molecule has 0 aromatic heterocycles. The lowest BCUT2D eigenvalue weighted by Gasteiger charge is -2.38. The molecule has 2 aliphatic rings. The molecule has 176 valence electrons. The molecule has 0 unspecified atom stereocenters.